The van der Waals surface area contributed by atoms with Crippen molar-refractivity contribution in [1.29, 1.82) is 0 Å². The van der Waals surface area contributed by atoms with Crippen LogP contribution in [0.4, 0.5) is 0 Å². The Morgan fingerprint density at radius 2 is 2.13 bits per heavy atom. The van der Waals surface area contributed by atoms with E-state index in [-0.39, 0.29) is 0 Å². The minimum atomic E-state index is 0.661. The first kappa shape index (κ1) is 10.1. The number of aromatic amines is 1. The summed E-state index contributed by atoms with van der Waals surface area (Å²) >= 11 is 0. The Labute approximate surface area is 89.2 Å². The molecule has 0 radical (unpaired) electrons. The summed E-state index contributed by atoms with van der Waals surface area (Å²) in [5, 5.41) is 1.19. The molecule has 0 aliphatic rings. The third-order valence-corrected chi connectivity index (χ3v) is 2.53. The van der Waals surface area contributed by atoms with E-state index in [1.54, 1.807) is 7.11 Å². The summed E-state index contributed by atoms with van der Waals surface area (Å²) in [7, 11) is 1.69. The summed E-state index contributed by atoms with van der Waals surface area (Å²) in [4.78, 5) is 3.34. The van der Waals surface area contributed by atoms with Crippen molar-refractivity contribution in [2.45, 2.75) is 13.3 Å². The Bertz CT molecular complexity index is 474. The van der Waals surface area contributed by atoms with Gasteiger partial charge in [0.25, 0.3) is 0 Å². The number of hydrogen-bond acceptors (Lipinski definition) is 2. The van der Waals surface area contributed by atoms with Crippen molar-refractivity contribution < 1.29 is 4.74 Å². The molecule has 0 fully saturated rings. The number of benzene rings is 1. The lowest BCUT2D eigenvalue weighted by Gasteiger charge is -2.02. The van der Waals surface area contributed by atoms with Gasteiger partial charge in [0.2, 0.25) is 0 Å². The second-order valence-corrected chi connectivity index (χ2v) is 3.76. The maximum atomic E-state index is 5.53. The van der Waals surface area contributed by atoms with Crippen molar-refractivity contribution in [3.63, 3.8) is 0 Å². The van der Waals surface area contributed by atoms with Gasteiger partial charge in [-0.1, -0.05) is 0 Å². The Morgan fingerprint density at radius 3 is 2.80 bits per heavy atom. The molecule has 15 heavy (non-hydrogen) atoms. The highest BCUT2D eigenvalue weighted by atomic mass is 16.5. The zero-order valence-corrected chi connectivity index (χ0v) is 9.13. The van der Waals surface area contributed by atoms with Crippen molar-refractivity contribution >= 4 is 10.9 Å². The molecular formula is C12H16N2O. The first-order chi connectivity index (χ1) is 7.24. The Kier molecular flexibility index (Phi) is 2.64. The first-order valence-corrected chi connectivity index (χ1v) is 5.11. The number of rotatable bonds is 3. The van der Waals surface area contributed by atoms with Gasteiger partial charge in [0.1, 0.15) is 5.75 Å². The molecule has 0 spiro atoms. The molecule has 0 bridgehead atoms. The number of nitrogens with two attached hydrogens (primary N) is 1. The summed E-state index contributed by atoms with van der Waals surface area (Å²) in [6.45, 7) is 2.73. The topological polar surface area (TPSA) is 51.0 Å². The molecule has 0 aliphatic heterocycles. The van der Waals surface area contributed by atoms with Gasteiger partial charge >= 0.3 is 0 Å². The monoisotopic (exact) mass is 204 g/mol. The molecule has 1 heterocycles. The van der Waals surface area contributed by atoms with E-state index in [1.165, 1.54) is 10.9 Å². The van der Waals surface area contributed by atoms with Gasteiger partial charge in [0.05, 0.1) is 12.6 Å². The van der Waals surface area contributed by atoms with E-state index >= 15 is 0 Å². The van der Waals surface area contributed by atoms with E-state index in [2.05, 4.69) is 24.0 Å². The summed E-state index contributed by atoms with van der Waals surface area (Å²) in [6.07, 6.45) is 0.872. The quantitative estimate of drug-likeness (QED) is 0.803. The van der Waals surface area contributed by atoms with Gasteiger partial charge in [-0.25, -0.2) is 0 Å². The molecule has 2 aromatic rings. The van der Waals surface area contributed by atoms with Crippen LogP contribution in [-0.4, -0.2) is 18.6 Å². The van der Waals surface area contributed by atoms with E-state index in [9.17, 15) is 0 Å². The van der Waals surface area contributed by atoms with Gasteiger partial charge in [-0.05, 0) is 43.7 Å². The van der Waals surface area contributed by atoms with Gasteiger partial charge in [-0.3, -0.25) is 0 Å². The van der Waals surface area contributed by atoms with Crippen LogP contribution in [0.3, 0.4) is 0 Å². The fourth-order valence-electron chi connectivity index (χ4n) is 1.86. The number of aromatic nitrogens is 1. The van der Waals surface area contributed by atoms with Crippen LogP contribution in [0.25, 0.3) is 10.9 Å². The lowest BCUT2D eigenvalue weighted by Crippen LogP contribution is -2.02. The molecule has 0 unspecified atom stereocenters. The number of hydrogen-bond donors (Lipinski definition) is 2. The maximum absolute atomic E-state index is 5.53. The van der Waals surface area contributed by atoms with Crippen LogP contribution in [0.5, 0.6) is 5.75 Å². The highest BCUT2D eigenvalue weighted by Crippen LogP contribution is 2.27. The molecule has 80 valence electrons. The van der Waals surface area contributed by atoms with E-state index in [0.29, 0.717) is 6.54 Å². The lowest BCUT2D eigenvalue weighted by atomic mass is 10.1. The fourth-order valence-corrected chi connectivity index (χ4v) is 1.86. The van der Waals surface area contributed by atoms with Gasteiger partial charge < -0.3 is 15.5 Å². The number of nitrogens with one attached hydrogen (secondary N) is 1. The molecular weight excluding hydrogens is 188 g/mol. The van der Waals surface area contributed by atoms with Crippen molar-refractivity contribution in [3.8, 4) is 5.75 Å². The molecule has 3 N–H and O–H groups in total. The van der Waals surface area contributed by atoms with E-state index in [1.807, 2.05) is 6.07 Å². The average Bonchev–Trinajstić information content (AvgIpc) is 2.59. The smallest absolute Gasteiger partial charge is 0.143 e. The summed E-state index contributed by atoms with van der Waals surface area (Å²) < 4.78 is 5.34. The molecule has 3 nitrogen and oxygen atoms in total. The highest BCUT2D eigenvalue weighted by molar-refractivity contribution is 5.86. The molecule has 0 amide bonds. The Balaban J connectivity index is 2.58. The Morgan fingerprint density at radius 1 is 1.33 bits per heavy atom. The van der Waals surface area contributed by atoms with E-state index in [0.717, 1.165) is 23.4 Å². The lowest BCUT2D eigenvalue weighted by molar-refractivity contribution is 0.418. The number of H-pyrrole nitrogens is 1. The number of fused-ring (bicyclic) bond motifs is 1. The molecule has 0 saturated carbocycles. The van der Waals surface area contributed by atoms with Gasteiger partial charge in [0, 0.05) is 11.1 Å². The average molecular weight is 204 g/mol. The van der Waals surface area contributed by atoms with E-state index in [4.69, 9.17) is 10.5 Å². The van der Waals surface area contributed by atoms with Crippen LogP contribution < -0.4 is 10.5 Å². The zero-order valence-electron chi connectivity index (χ0n) is 9.13. The van der Waals surface area contributed by atoms with Crippen molar-refractivity contribution in [2.75, 3.05) is 13.7 Å². The van der Waals surface area contributed by atoms with Crippen LogP contribution in [0.15, 0.2) is 18.2 Å². The molecule has 0 atom stereocenters. The van der Waals surface area contributed by atoms with Crippen LogP contribution in [-0.2, 0) is 6.42 Å². The molecule has 3 heteroatoms. The minimum absolute atomic E-state index is 0.661. The largest absolute Gasteiger partial charge is 0.495 e. The van der Waals surface area contributed by atoms with Gasteiger partial charge in [-0.15, -0.1) is 0 Å². The zero-order chi connectivity index (χ0) is 10.8. The van der Waals surface area contributed by atoms with Crippen LogP contribution in [0, 0.1) is 6.92 Å². The molecule has 0 aliphatic carbocycles. The Hall–Kier alpha value is -1.48. The fraction of sp³-hybridized carbons (Fsp3) is 0.333. The normalized spacial score (nSPS) is 10.9. The summed E-state index contributed by atoms with van der Waals surface area (Å²) in [5.74, 6) is 0.897. The first-order valence-electron chi connectivity index (χ1n) is 5.11. The van der Waals surface area contributed by atoms with Crippen molar-refractivity contribution in [2.24, 2.45) is 5.73 Å². The minimum Gasteiger partial charge on any atom is -0.495 e. The van der Waals surface area contributed by atoms with Crippen molar-refractivity contribution in [1.82, 2.24) is 4.98 Å². The second-order valence-electron chi connectivity index (χ2n) is 3.76. The highest BCUT2D eigenvalue weighted by Gasteiger charge is 2.06. The SMILES string of the molecule is COc1cc(C)cc2cc(CCN)[nH]c12. The van der Waals surface area contributed by atoms with Crippen LogP contribution in [0.1, 0.15) is 11.3 Å². The van der Waals surface area contributed by atoms with E-state index < -0.39 is 0 Å². The predicted octanol–water partition coefficient (Wildman–Crippen LogP) is 1.99. The molecule has 1 aromatic heterocycles. The third-order valence-electron chi connectivity index (χ3n) is 2.53. The summed E-state index contributed by atoms with van der Waals surface area (Å²) in [5.41, 5.74) is 8.96. The number of methoxy groups -OCH3 is 1. The summed E-state index contributed by atoms with van der Waals surface area (Å²) in [6, 6.07) is 6.32. The predicted molar refractivity (Wildman–Crippen MR) is 62.3 cm³/mol. The van der Waals surface area contributed by atoms with Crippen LogP contribution >= 0.6 is 0 Å². The van der Waals surface area contributed by atoms with Gasteiger partial charge in [0.15, 0.2) is 0 Å². The third kappa shape index (κ3) is 1.83. The maximum Gasteiger partial charge on any atom is 0.143 e. The number of ether oxygens (including phenoxy) is 1. The number of aryl methyl sites for hydroxylation is 1. The standard InChI is InChI=1S/C12H16N2O/c1-8-5-9-7-10(3-4-13)14-12(9)11(6-8)15-2/h5-7,14H,3-4,13H2,1-2H3. The molecule has 0 saturated heterocycles. The second kappa shape index (κ2) is 3.95. The van der Waals surface area contributed by atoms with Crippen LogP contribution in [0.2, 0.25) is 0 Å². The molecule has 1 aromatic carbocycles. The van der Waals surface area contributed by atoms with Crippen molar-refractivity contribution in [3.05, 3.63) is 29.5 Å². The molecule has 2 rings (SSSR count). The van der Waals surface area contributed by atoms with Gasteiger partial charge in [-0.2, -0.15) is 0 Å².